The van der Waals surface area contributed by atoms with Crippen LogP contribution in [0.25, 0.3) is 0 Å². The van der Waals surface area contributed by atoms with Crippen molar-refractivity contribution < 1.29 is 4.55 Å². The van der Waals surface area contributed by atoms with Crippen LogP contribution in [0.4, 0.5) is 0 Å². The molecule has 0 aliphatic rings. The van der Waals surface area contributed by atoms with E-state index in [2.05, 4.69) is 20.7 Å². The van der Waals surface area contributed by atoms with Crippen molar-refractivity contribution in [2.24, 2.45) is 0 Å². The quantitative estimate of drug-likeness (QED) is 0.849. The van der Waals surface area contributed by atoms with Gasteiger partial charge < -0.3 is 4.55 Å². The van der Waals surface area contributed by atoms with Crippen LogP contribution < -0.4 is 4.72 Å². The third-order valence-corrected chi connectivity index (χ3v) is 2.93. The summed E-state index contributed by atoms with van der Waals surface area (Å²) in [5.41, 5.74) is 1.14. The maximum Gasteiger partial charge on any atom is 0.115 e. The van der Waals surface area contributed by atoms with Gasteiger partial charge in [-0.3, -0.25) is 0 Å². The van der Waals surface area contributed by atoms with Crippen LogP contribution in [-0.4, -0.2) is 10.8 Å². The van der Waals surface area contributed by atoms with Gasteiger partial charge in [-0.15, -0.1) is 4.72 Å². The molecule has 0 heterocycles. The molecule has 0 fully saturated rings. The van der Waals surface area contributed by atoms with Crippen molar-refractivity contribution in [3.8, 4) is 0 Å². The highest BCUT2D eigenvalue weighted by atomic mass is 79.9. The Kier molecular flexibility index (Phi) is 4.25. The second-order valence-electron chi connectivity index (χ2n) is 2.85. The summed E-state index contributed by atoms with van der Waals surface area (Å²) in [6, 6.07) is 8.10. The zero-order valence-electron chi connectivity index (χ0n) is 7.58. The van der Waals surface area contributed by atoms with Crippen molar-refractivity contribution in [1.82, 2.24) is 4.72 Å². The van der Waals surface area contributed by atoms with Gasteiger partial charge in [0.25, 0.3) is 0 Å². The van der Waals surface area contributed by atoms with Crippen LogP contribution in [0.2, 0.25) is 0 Å². The summed E-state index contributed by atoms with van der Waals surface area (Å²) >= 11 is 2.40. The Morgan fingerprint density at radius 3 is 2.38 bits per heavy atom. The van der Waals surface area contributed by atoms with Crippen LogP contribution in [-0.2, 0) is 11.4 Å². The Bertz CT molecular complexity index is 263. The highest BCUT2D eigenvalue weighted by Crippen LogP contribution is 2.16. The average molecular weight is 262 g/mol. The first-order valence-electron chi connectivity index (χ1n) is 3.94. The molecule has 1 rings (SSSR count). The molecule has 0 aliphatic carbocycles. The second-order valence-corrected chi connectivity index (χ2v) is 4.90. The van der Waals surface area contributed by atoms with Crippen molar-refractivity contribution in [2.45, 2.75) is 13.0 Å². The van der Waals surface area contributed by atoms with E-state index < -0.39 is 11.4 Å². The van der Waals surface area contributed by atoms with E-state index in [1.807, 2.05) is 31.2 Å². The van der Waals surface area contributed by atoms with Crippen LogP contribution >= 0.6 is 15.9 Å². The van der Waals surface area contributed by atoms with E-state index in [1.165, 1.54) is 0 Å². The Balaban J connectivity index is 2.66. The summed E-state index contributed by atoms with van der Waals surface area (Å²) in [7, 11) is 0. The van der Waals surface area contributed by atoms with Crippen LogP contribution in [0.15, 0.2) is 28.7 Å². The predicted molar refractivity (Wildman–Crippen MR) is 59.8 cm³/mol. The summed E-state index contributed by atoms with van der Waals surface area (Å²) in [4.78, 5) is 0. The first-order chi connectivity index (χ1) is 6.09. The van der Waals surface area contributed by atoms with Gasteiger partial charge in [-0.2, -0.15) is 0 Å². The molecule has 1 aromatic rings. The first kappa shape index (κ1) is 11.0. The molecule has 0 bridgehead atoms. The van der Waals surface area contributed by atoms with Crippen LogP contribution in [0.3, 0.4) is 0 Å². The first-order valence-corrected chi connectivity index (χ1v) is 6.30. The van der Waals surface area contributed by atoms with E-state index in [1.54, 1.807) is 6.26 Å². The average Bonchev–Trinajstić information content (AvgIpc) is 2.04. The number of halogens is 1. The molecule has 0 saturated heterocycles. The number of hydrogen-bond donors (Lipinski definition) is 1. The lowest BCUT2D eigenvalue weighted by Crippen LogP contribution is -2.25. The fraction of sp³-hybridized carbons (Fsp3) is 0.333. The highest BCUT2D eigenvalue weighted by molar-refractivity contribution is 9.10. The molecule has 0 aromatic heterocycles. The lowest BCUT2D eigenvalue weighted by molar-refractivity contribution is 0.572. The SMILES string of the molecule is C[C@@H](N[S+](C)[O-])c1ccc(Br)cc1. The number of nitrogens with one attached hydrogen (secondary N) is 1. The molecule has 0 aliphatic heterocycles. The Morgan fingerprint density at radius 1 is 1.38 bits per heavy atom. The topological polar surface area (TPSA) is 35.1 Å². The molecule has 1 aromatic carbocycles. The molecule has 2 atom stereocenters. The summed E-state index contributed by atoms with van der Waals surface area (Å²) < 4.78 is 14.9. The summed E-state index contributed by atoms with van der Waals surface area (Å²) in [6.45, 7) is 1.99. The normalized spacial score (nSPS) is 15.4. The standard InChI is InChI=1S/C9H12BrNOS/c1-7(11-13(2)12)8-3-5-9(10)6-4-8/h3-7,11H,1-2H3/t7-,13?/m1/s1. The van der Waals surface area contributed by atoms with Crippen molar-refractivity contribution in [1.29, 1.82) is 0 Å². The predicted octanol–water partition coefficient (Wildman–Crippen LogP) is 2.39. The summed E-state index contributed by atoms with van der Waals surface area (Å²) in [5, 5.41) is 0. The van der Waals surface area contributed by atoms with Gasteiger partial charge in [-0.25, -0.2) is 0 Å². The molecule has 1 N–H and O–H groups in total. The lowest BCUT2D eigenvalue weighted by Gasteiger charge is -2.13. The van der Waals surface area contributed by atoms with Crippen molar-refractivity contribution in [3.05, 3.63) is 34.3 Å². The maximum absolute atomic E-state index is 10.9. The fourth-order valence-electron chi connectivity index (χ4n) is 1.07. The van der Waals surface area contributed by atoms with Gasteiger partial charge in [0.1, 0.15) is 6.26 Å². The minimum absolute atomic E-state index is 0.124. The third-order valence-electron chi connectivity index (χ3n) is 1.71. The minimum Gasteiger partial charge on any atom is -0.598 e. The zero-order chi connectivity index (χ0) is 9.84. The van der Waals surface area contributed by atoms with Crippen molar-refractivity contribution in [2.75, 3.05) is 6.26 Å². The summed E-state index contributed by atoms with van der Waals surface area (Å²) in [5.74, 6) is 0. The molecule has 0 radical (unpaired) electrons. The van der Waals surface area contributed by atoms with Crippen molar-refractivity contribution in [3.63, 3.8) is 0 Å². The molecular formula is C9H12BrNOS. The molecule has 2 nitrogen and oxygen atoms in total. The molecule has 13 heavy (non-hydrogen) atoms. The molecule has 72 valence electrons. The molecule has 0 saturated carbocycles. The molecule has 0 amide bonds. The second kappa shape index (κ2) is 5.00. The summed E-state index contributed by atoms with van der Waals surface area (Å²) in [6.07, 6.45) is 1.63. The number of rotatable bonds is 3. The zero-order valence-corrected chi connectivity index (χ0v) is 9.98. The fourth-order valence-corrected chi connectivity index (χ4v) is 1.97. The van der Waals surface area contributed by atoms with E-state index in [9.17, 15) is 4.55 Å². The van der Waals surface area contributed by atoms with Gasteiger partial charge in [-0.05, 0) is 24.6 Å². The Hall–Kier alpha value is -0.0300. The number of hydrogen-bond acceptors (Lipinski definition) is 2. The van der Waals surface area contributed by atoms with Gasteiger partial charge in [-0.1, -0.05) is 28.1 Å². The van der Waals surface area contributed by atoms with E-state index in [0.717, 1.165) is 10.0 Å². The van der Waals surface area contributed by atoms with Crippen LogP contribution in [0.1, 0.15) is 18.5 Å². The molecule has 1 unspecified atom stereocenters. The van der Waals surface area contributed by atoms with E-state index in [4.69, 9.17) is 0 Å². The molecule has 4 heteroatoms. The van der Waals surface area contributed by atoms with Crippen LogP contribution in [0.5, 0.6) is 0 Å². The van der Waals surface area contributed by atoms with Gasteiger partial charge in [0.15, 0.2) is 0 Å². The monoisotopic (exact) mass is 261 g/mol. The largest absolute Gasteiger partial charge is 0.598 e. The van der Waals surface area contributed by atoms with E-state index in [0.29, 0.717) is 0 Å². The number of benzene rings is 1. The smallest absolute Gasteiger partial charge is 0.115 e. The van der Waals surface area contributed by atoms with Gasteiger partial charge in [0.2, 0.25) is 0 Å². The molecular weight excluding hydrogens is 250 g/mol. The highest BCUT2D eigenvalue weighted by Gasteiger charge is 2.08. The maximum atomic E-state index is 10.9. The van der Waals surface area contributed by atoms with E-state index >= 15 is 0 Å². The van der Waals surface area contributed by atoms with Crippen molar-refractivity contribution >= 4 is 27.3 Å². The van der Waals surface area contributed by atoms with E-state index in [-0.39, 0.29) is 6.04 Å². The molecule has 0 spiro atoms. The van der Waals surface area contributed by atoms with Gasteiger partial charge >= 0.3 is 0 Å². The van der Waals surface area contributed by atoms with Crippen LogP contribution in [0, 0.1) is 0 Å². The Morgan fingerprint density at radius 2 is 1.92 bits per heavy atom. The van der Waals surface area contributed by atoms with Gasteiger partial charge in [0.05, 0.1) is 6.04 Å². The minimum atomic E-state index is -0.963. The van der Waals surface area contributed by atoms with Gasteiger partial charge in [0, 0.05) is 15.8 Å². The third kappa shape index (κ3) is 3.68. The lowest BCUT2D eigenvalue weighted by atomic mass is 10.1. The Labute approximate surface area is 90.2 Å².